The van der Waals surface area contributed by atoms with E-state index in [-0.39, 0.29) is 5.92 Å². The van der Waals surface area contributed by atoms with Crippen LogP contribution in [0.4, 0.5) is 0 Å². The minimum atomic E-state index is 0.245. The number of Topliss-reactive ketones (excluding diaryl/α,β-unsaturated/α-hetero) is 1. The molecule has 2 aliphatic rings. The number of ketones is 1. The molecule has 1 fully saturated rings. The van der Waals surface area contributed by atoms with Crippen LogP contribution in [-0.4, -0.2) is 12.3 Å². The summed E-state index contributed by atoms with van der Waals surface area (Å²) in [4.78, 5) is 12.6. The highest BCUT2D eigenvalue weighted by Crippen LogP contribution is 2.38. The molecule has 3 rings (SSSR count). The molecule has 2 aliphatic carbocycles. The SMILES string of the molecule is NCC1CCCC1C(=O)CC1CCCc2ccccc21. The summed E-state index contributed by atoms with van der Waals surface area (Å²) in [6.07, 6.45) is 7.69. The van der Waals surface area contributed by atoms with E-state index in [0.29, 0.717) is 24.2 Å². The van der Waals surface area contributed by atoms with Crippen molar-refractivity contribution < 1.29 is 4.79 Å². The number of hydrogen-bond donors (Lipinski definition) is 1. The van der Waals surface area contributed by atoms with Crippen LogP contribution in [0.2, 0.25) is 0 Å². The van der Waals surface area contributed by atoms with Crippen molar-refractivity contribution in [1.29, 1.82) is 0 Å². The van der Waals surface area contributed by atoms with Gasteiger partial charge in [-0.1, -0.05) is 30.7 Å². The number of hydrogen-bond acceptors (Lipinski definition) is 2. The number of aryl methyl sites for hydroxylation is 1. The maximum atomic E-state index is 12.6. The molecule has 0 bridgehead atoms. The quantitative estimate of drug-likeness (QED) is 0.911. The van der Waals surface area contributed by atoms with Gasteiger partial charge in [-0.15, -0.1) is 0 Å². The number of fused-ring (bicyclic) bond motifs is 1. The Morgan fingerprint density at radius 1 is 1.15 bits per heavy atom. The highest BCUT2D eigenvalue weighted by molar-refractivity contribution is 5.82. The monoisotopic (exact) mass is 271 g/mol. The van der Waals surface area contributed by atoms with E-state index in [1.54, 1.807) is 0 Å². The van der Waals surface area contributed by atoms with Crippen molar-refractivity contribution in [1.82, 2.24) is 0 Å². The van der Waals surface area contributed by atoms with Crippen LogP contribution in [0.3, 0.4) is 0 Å². The molecule has 0 saturated heterocycles. The van der Waals surface area contributed by atoms with E-state index in [2.05, 4.69) is 24.3 Å². The van der Waals surface area contributed by atoms with Crippen molar-refractivity contribution in [3.8, 4) is 0 Å². The Morgan fingerprint density at radius 2 is 2.00 bits per heavy atom. The van der Waals surface area contributed by atoms with Gasteiger partial charge in [-0.05, 0) is 61.6 Å². The summed E-state index contributed by atoms with van der Waals surface area (Å²) in [5.74, 6) is 1.61. The molecule has 1 aromatic carbocycles. The predicted molar refractivity (Wildman–Crippen MR) is 81.6 cm³/mol. The van der Waals surface area contributed by atoms with Gasteiger partial charge in [0.2, 0.25) is 0 Å². The van der Waals surface area contributed by atoms with Crippen molar-refractivity contribution in [3.05, 3.63) is 35.4 Å². The lowest BCUT2D eigenvalue weighted by Gasteiger charge is -2.26. The molecule has 0 aliphatic heterocycles. The summed E-state index contributed by atoms with van der Waals surface area (Å²) in [5.41, 5.74) is 8.70. The summed E-state index contributed by atoms with van der Waals surface area (Å²) in [6.45, 7) is 0.678. The molecular weight excluding hydrogens is 246 g/mol. The van der Waals surface area contributed by atoms with E-state index in [1.165, 1.54) is 36.8 Å². The maximum absolute atomic E-state index is 12.6. The molecule has 3 unspecified atom stereocenters. The minimum absolute atomic E-state index is 0.245. The molecule has 0 aromatic heterocycles. The third-order valence-electron chi connectivity index (χ3n) is 5.32. The predicted octanol–water partition coefficient (Wildman–Crippen LogP) is 3.44. The molecule has 0 heterocycles. The van der Waals surface area contributed by atoms with Gasteiger partial charge in [-0.2, -0.15) is 0 Å². The van der Waals surface area contributed by atoms with Crippen LogP contribution < -0.4 is 5.73 Å². The van der Waals surface area contributed by atoms with Gasteiger partial charge in [0.15, 0.2) is 0 Å². The zero-order valence-corrected chi connectivity index (χ0v) is 12.2. The highest BCUT2D eigenvalue weighted by atomic mass is 16.1. The molecule has 2 heteroatoms. The molecule has 0 radical (unpaired) electrons. The molecule has 1 aromatic rings. The van der Waals surface area contributed by atoms with E-state index in [0.717, 1.165) is 19.3 Å². The Hall–Kier alpha value is -1.15. The molecule has 2 nitrogen and oxygen atoms in total. The van der Waals surface area contributed by atoms with Crippen LogP contribution in [0.15, 0.2) is 24.3 Å². The standard InChI is InChI=1S/C18H25NO/c19-12-15-8-4-10-17(15)18(20)11-14-7-3-6-13-5-1-2-9-16(13)14/h1-2,5,9,14-15,17H,3-4,6-8,10-12,19H2. The summed E-state index contributed by atoms with van der Waals surface area (Å²) in [7, 11) is 0. The molecule has 3 atom stereocenters. The van der Waals surface area contributed by atoms with Gasteiger partial charge >= 0.3 is 0 Å². The van der Waals surface area contributed by atoms with Crippen LogP contribution in [0.5, 0.6) is 0 Å². The van der Waals surface area contributed by atoms with Crippen LogP contribution in [0, 0.1) is 11.8 Å². The fourth-order valence-corrected chi connectivity index (χ4v) is 4.20. The first-order valence-electron chi connectivity index (χ1n) is 8.10. The molecule has 108 valence electrons. The van der Waals surface area contributed by atoms with E-state index < -0.39 is 0 Å². The zero-order chi connectivity index (χ0) is 13.9. The third-order valence-corrected chi connectivity index (χ3v) is 5.32. The van der Waals surface area contributed by atoms with Crippen LogP contribution in [0.1, 0.15) is 55.6 Å². The number of carbonyl (C=O) groups excluding carboxylic acids is 1. The van der Waals surface area contributed by atoms with E-state index in [4.69, 9.17) is 5.73 Å². The van der Waals surface area contributed by atoms with Crippen LogP contribution >= 0.6 is 0 Å². The summed E-state index contributed by atoms with van der Waals surface area (Å²) < 4.78 is 0. The Balaban J connectivity index is 1.71. The van der Waals surface area contributed by atoms with Crippen molar-refractivity contribution in [2.24, 2.45) is 17.6 Å². The van der Waals surface area contributed by atoms with Gasteiger partial charge in [-0.3, -0.25) is 4.79 Å². The van der Waals surface area contributed by atoms with Gasteiger partial charge in [-0.25, -0.2) is 0 Å². The van der Waals surface area contributed by atoms with E-state index in [1.807, 2.05) is 0 Å². The second kappa shape index (κ2) is 6.09. The van der Waals surface area contributed by atoms with Crippen LogP contribution in [-0.2, 0) is 11.2 Å². The number of benzene rings is 1. The number of rotatable bonds is 4. The molecule has 2 N–H and O–H groups in total. The van der Waals surface area contributed by atoms with E-state index >= 15 is 0 Å². The fraction of sp³-hybridized carbons (Fsp3) is 0.611. The zero-order valence-electron chi connectivity index (χ0n) is 12.2. The first-order chi connectivity index (χ1) is 9.79. The smallest absolute Gasteiger partial charge is 0.136 e. The molecule has 0 amide bonds. The Kier molecular flexibility index (Phi) is 4.21. The van der Waals surface area contributed by atoms with Crippen molar-refractivity contribution in [2.75, 3.05) is 6.54 Å². The highest BCUT2D eigenvalue weighted by Gasteiger charge is 2.33. The molecule has 1 saturated carbocycles. The van der Waals surface area contributed by atoms with Crippen molar-refractivity contribution in [3.63, 3.8) is 0 Å². The third kappa shape index (κ3) is 2.67. The number of nitrogens with two attached hydrogens (primary N) is 1. The van der Waals surface area contributed by atoms with Crippen molar-refractivity contribution >= 4 is 5.78 Å². The molecule has 0 spiro atoms. The maximum Gasteiger partial charge on any atom is 0.136 e. The van der Waals surface area contributed by atoms with Gasteiger partial charge in [0.25, 0.3) is 0 Å². The summed E-state index contributed by atoms with van der Waals surface area (Å²) >= 11 is 0. The largest absolute Gasteiger partial charge is 0.330 e. The van der Waals surface area contributed by atoms with Gasteiger partial charge < -0.3 is 5.73 Å². The summed E-state index contributed by atoms with van der Waals surface area (Å²) in [6, 6.07) is 8.68. The number of carbonyl (C=O) groups is 1. The van der Waals surface area contributed by atoms with Gasteiger partial charge in [0.05, 0.1) is 0 Å². The van der Waals surface area contributed by atoms with E-state index in [9.17, 15) is 4.79 Å². The first-order valence-corrected chi connectivity index (χ1v) is 8.10. The van der Waals surface area contributed by atoms with Crippen LogP contribution in [0.25, 0.3) is 0 Å². The minimum Gasteiger partial charge on any atom is -0.330 e. The Morgan fingerprint density at radius 3 is 2.85 bits per heavy atom. The van der Waals surface area contributed by atoms with Gasteiger partial charge in [0.1, 0.15) is 5.78 Å². The topological polar surface area (TPSA) is 43.1 Å². The molecular formula is C18H25NO. The van der Waals surface area contributed by atoms with Gasteiger partial charge in [0, 0.05) is 12.3 Å². The molecule has 20 heavy (non-hydrogen) atoms. The lowest BCUT2D eigenvalue weighted by atomic mass is 9.77. The second-order valence-corrected chi connectivity index (χ2v) is 6.49. The second-order valence-electron chi connectivity index (χ2n) is 6.49. The normalized spacial score (nSPS) is 29.1. The Labute approximate surface area is 121 Å². The first kappa shape index (κ1) is 13.8. The Bertz CT molecular complexity index is 482. The fourth-order valence-electron chi connectivity index (χ4n) is 4.20. The lowest BCUT2D eigenvalue weighted by molar-refractivity contribution is -0.124. The average molecular weight is 271 g/mol. The van der Waals surface area contributed by atoms with Crippen molar-refractivity contribution in [2.45, 2.75) is 50.9 Å². The summed E-state index contributed by atoms with van der Waals surface area (Å²) in [5, 5.41) is 0. The average Bonchev–Trinajstić information content (AvgIpc) is 2.96. The lowest BCUT2D eigenvalue weighted by Crippen LogP contribution is -2.27.